The molecule has 196 valence electrons. The molecular formula is C33H24FN3O3. The summed E-state index contributed by atoms with van der Waals surface area (Å²) in [5, 5.41) is 5.99. The van der Waals surface area contributed by atoms with E-state index in [2.05, 4.69) is 10.6 Å². The summed E-state index contributed by atoms with van der Waals surface area (Å²) in [6, 6.07) is 27.6. The van der Waals surface area contributed by atoms with Crippen LogP contribution in [0.15, 0.2) is 109 Å². The van der Waals surface area contributed by atoms with E-state index in [-0.39, 0.29) is 11.5 Å². The molecule has 2 N–H and O–H groups in total. The highest BCUT2D eigenvalue weighted by atomic mass is 19.1. The Kier molecular flexibility index (Phi) is 5.42. The molecule has 3 heterocycles. The topological polar surface area (TPSA) is 78.5 Å². The second-order valence-corrected chi connectivity index (χ2v) is 10.3. The van der Waals surface area contributed by atoms with E-state index < -0.39 is 40.9 Å². The summed E-state index contributed by atoms with van der Waals surface area (Å²) < 4.78 is 13.9. The molecule has 1 fully saturated rings. The van der Waals surface area contributed by atoms with Crippen LogP contribution >= 0.6 is 0 Å². The lowest BCUT2D eigenvalue weighted by atomic mass is 9.64. The molecule has 3 aliphatic rings. The maximum atomic E-state index is 14.6. The minimum Gasteiger partial charge on any atom is -0.350 e. The average Bonchev–Trinajstić information content (AvgIpc) is 3.46. The number of fused-ring (bicyclic) bond motifs is 6. The van der Waals surface area contributed by atoms with Gasteiger partial charge in [-0.15, -0.1) is 0 Å². The molecule has 0 aromatic heterocycles. The minimum atomic E-state index is -1.41. The Hall–Kier alpha value is -5.04. The third-order valence-corrected chi connectivity index (χ3v) is 8.26. The van der Waals surface area contributed by atoms with Crippen LogP contribution in [-0.2, 0) is 15.0 Å². The normalized spacial score (nSPS) is 23.8. The summed E-state index contributed by atoms with van der Waals surface area (Å²) in [6.45, 7) is 0. The molecule has 0 saturated carbocycles. The Morgan fingerprint density at radius 3 is 2.35 bits per heavy atom. The van der Waals surface area contributed by atoms with Crippen molar-refractivity contribution in [2.45, 2.75) is 17.5 Å². The van der Waals surface area contributed by atoms with Gasteiger partial charge in [0.25, 0.3) is 0 Å². The molecule has 3 aliphatic heterocycles. The fourth-order valence-corrected chi connectivity index (χ4v) is 6.65. The van der Waals surface area contributed by atoms with E-state index in [1.54, 1.807) is 12.1 Å². The van der Waals surface area contributed by atoms with E-state index in [0.717, 1.165) is 11.3 Å². The Bertz CT molecular complexity index is 1700. The van der Waals surface area contributed by atoms with Gasteiger partial charge in [-0.05, 0) is 59.7 Å². The molecule has 0 radical (unpaired) electrons. The van der Waals surface area contributed by atoms with Gasteiger partial charge in [0, 0.05) is 22.6 Å². The van der Waals surface area contributed by atoms with Crippen LogP contribution in [0.3, 0.4) is 0 Å². The Morgan fingerprint density at radius 1 is 0.850 bits per heavy atom. The lowest BCUT2D eigenvalue weighted by Crippen LogP contribution is -2.51. The quantitative estimate of drug-likeness (QED) is 0.345. The zero-order valence-electron chi connectivity index (χ0n) is 21.3. The van der Waals surface area contributed by atoms with E-state index in [0.29, 0.717) is 16.9 Å². The maximum absolute atomic E-state index is 14.6. The molecule has 4 atom stereocenters. The van der Waals surface area contributed by atoms with Gasteiger partial charge in [0.2, 0.25) is 11.8 Å². The van der Waals surface area contributed by atoms with E-state index >= 15 is 0 Å². The van der Waals surface area contributed by atoms with Gasteiger partial charge in [-0.2, -0.15) is 0 Å². The number of carbonyl (C=O) groups is 3. The van der Waals surface area contributed by atoms with Crippen molar-refractivity contribution in [2.75, 3.05) is 15.5 Å². The summed E-state index contributed by atoms with van der Waals surface area (Å²) in [7, 11) is 0. The number of rotatable bonds is 4. The number of amides is 2. The fourth-order valence-electron chi connectivity index (χ4n) is 6.65. The molecule has 1 saturated heterocycles. The van der Waals surface area contributed by atoms with Gasteiger partial charge in [-0.3, -0.25) is 14.4 Å². The lowest BCUT2D eigenvalue weighted by Gasteiger charge is -2.37. The van der Waals surface area contributed by atoms with Crippen molar-refractivity contribution in [3.8, 4) is 0 Å². The van der Waals surface area contributed by atoms with Gasteiger partial charge in [0.05, 0.1) is 12.0 Å². The van der Waals surface area contributed by atoms with Gasteiger partial charge < -0.3 is 15.5 Å². The van der Waals surface area contributed by atoms with Gasteiger partial charge in [0.15, 0.2) is 5.78 Å². The number of benzene rings is 4. The highest BCUT2D eigenvalue weighted by molar-refractivity contribution is 6.17. The number of ketones is 1. The molecule has 7 heteroatoms. The molecular weight excluding hydrogens is 505 g/mol. The molecule has 7 rings (SSSR count). The van der Waals surface area contributed by atoms with Crippen molar-refractivity contribution in [3.63, 3.8) is 0 Å². The van der Waals surface area contributed by atoms with Crippen LogP contribution in [0.4, 0.5) is 21.5 Å². The zero-order valence-corrected chi connectivity index (χ0v) is 21.3. The van der Waals surface area contributed by atoms with Crippen LogP contribution in [0.25, 0.3) is 6.08 Å². The first-order chi connectivity index (χ1) is 19.5. The van der Waals surface area contributed by atoms with Crippen molar-refractivity contribution >= 4 is 40.7 Å². The van der Waals surface area contributed by atoms with E-state index in [4.69, 9.17) is 0 Å². The molecule has 2 amide bonds. The highest BCUT2D eigenvalue weighted by Gasteiger charge is 2.70. The summed E-state index contributed by atoms with van der Waals surface area (Å²) >= 11 is 0. The smallest absolute Gasteiger partial charge is 0.247 e. The highest BCUT2D eigenvalue weighted by Crippen LogP contribution is 2.57. The second kappa shape index (κ2) is 9.02. The maximum Gasteiger partial charge on any atom is 0.247 e. The van der Waals surface area contributed by atoms with Crippen LogP contribution in [0.5, 0.6) is 0 Å². The largest absolute Gasteiger partial charge is 0.350 e. The van der Waals surface area contributed by atoms with E-state index in [1.807, 2.05) is 83.8 Å². The molecule has 0 bridgehead atoms. The molecule has 4 aromatic carbocycles. The van der Waals surface area contributed by atoms with Crippen molar-refractivity contribution in [1.82, 2.24) is 0 Å². The van der Waals surface area contributed by atoms with Crippen LogP contribution in [0.2, 0.25) is 0 Å². The van der Waals surface area contributed by atoms with E-state index in [1.165, 1.54) is 24.3 Å². The van der Waals surface area contributed by atoms with Crippen LogP contribution in [0.1, 0.15) is 21.5 Å². The molecule has 1 spiro atoms. The number of nitrogens with one attached hydrogen (secondary N) is 2. The number of hydrogen-bond donors (Lipinski definition) is 2. The van der Waals surface area contributed by atoms with Crippen LogP contribution < -0.4 is 15.5 Å². The average molecular weight is 530 g/mol. The SMILES string of the molecule is O=C(Nc1ccccc1)[C@@H]1[C@H](C(=O)c2ccc(F)cc2)[C@@]2(C(=O)Nc3ccccc32)[C@@H]2C=Cc3ccccc3N12. The molecule has 0 aliphatic carbocycles. The molecule has 4 aromatic rings. The van der Waals surface area contributed by atoms with Crippen molar-refractivity contribution in [3.05, 3.63) is 132 Å². The van der Waals surface area contributed by atoms with Gasteiger partial charge >= 0.3 is 0 Å². The van der Waals surface area contributed by atoms with Crippen molar-refractivity contribution in [1.29, 1.82) is 0 Å². The number of Topliss-reactive ketones (excluding diaryl/α,β-unsaturated/α-hetero) is 1. The van der Waals surface area contributed by atoms with Crippen LogP contribution in [-0.4, -0.2) is 29.7 Å². The Balaban J connectivity index is 1.49. The predicted octanol–water partition coefficient (Wildman–Crippen LogP) is 5.44. The summed E-state index contributed by atoms with van der Waals surface area (Å²) in [5.74, 6) is -2.75. The summed E-state index contributed by atoms with van der Waals surface area (Å²) in [4.78, 5) is 45.0. The van der Waals surface area contributed by atoms with Crippen LogP contribution in [0, 0.1) is 11.7 Å². The summed E-state index contributed by atoms with van der Waals surface area (Å²) in [5.41, 5.74) is 2.31. The number of nitrogens with zero attached hydrogens (tertiary/aromatic N) is 1. The van der Waals surface area contributed by atoms with Gasteiger partial charge in [0.1, 0.15) is 17.3 Å². The third-order valence-electron chi connectivity index (χ3n) is 8.26. The first-order valence-electron chi connectivity index (χ1n) is 13.1. The number of para-hydroxylation sites is 3. The standard InChI is InChI=1S/C33H24FN3O3/c34-22-17-14-21(15-18-22)30(38)28-29(31(39)35-23-9-2-1-3-10-23)37-26-13-7-4-8-20(26)16-19-27(37)33(28)24-11-5-6-12-25(24)36-32(33)40/h1-19,27-29H,(H,35,39)(H,36,40)/t27-,28+,29-,33-/m0/s1. The third kappa shape index (κ3) is 3.37. The minimum absolute atomic E-state index is 0.234. The van der Waals surface area contributed by atoms with E-state index in [9.17, 15) is 18.8 Å². The first-order valence-corrected chi connectivity index (χ1v) is 13.1. The second-order valence-electron chi connectivity index (χ2n) is 10.3. The molecule has 0 unspecified atom stereocenters. The first kappa shape index (κ1) is 24.0. The Labute approximate surface area is 230 Å². The number of carbonyl (C=O) groups excluding carboxylic acids is 3. The number of anilines is 3. The zero-order chi connectivity index (χ0) is 27.4. The van der Waals surface area contributed by atoms with Gasteiger partial charge in [-0.25, -0.2) is 4.39 Å². The summed E-state index contributed by atoms with van der Waals surface area (Å²) in [6.07, 6.45) is 3.87. The number of hydrogen-bond acceptors (Lipinski definition) is 4. The fraction of sp³-hybridized carbons (Fsp3) is 0.121. The van der Waals surface area contributed by atoms with Crippen molar-refractivity contribution in [2.24, 2.45) is 5.92 Å². The Morgan fingerprint density at radius 2 is 1.55 bits per heavy atom. The number of halogens is 1. The molecule has 6 nitrogen and oxygen atoms in total. The molecule has 40 heavy (non-hydrogen) atoms. The lowest BCUT2D eigenvalue weighted by molar-refractivity contribution is -0.122. The monoisotopic (exact) mass is 529 g/mol. The predicted molar refractivity (Wildman–Crippen MR) is 152 cm³/mol. The van der Waals surface area contributed by atoms with Gasteiger partial charge in [-0.1, -0.05) is 66.7 Å². The van der Waals surface area contributed by atoms with Crippen molar-refractivity contribution < 1.29 is 18.8 Å².